The molecule has 0 radical (unpaired) electrons. The van der Waals surface area contributed by atoms with Gasteiger partial charge in [-0.3, -0.25) is 20.2 Å². The maximum absolute atomic E-state index is 12.7. The molecular weight excluding hydrogens is 516 g/mol. The van der Waals surface area contributed by atoms with Crippen molar-refractivity contribution in [2.45, 2.75) is 0 Å². The fourth-order valence-electron chi connectivity index (χ4n) is 3.68. The summed E-state index contributed by atoms with van der Waals surface area (Å²) in [7, 11) is 0. The highest BCUT2D eigenvalue weighted by Gasteiger charge is 2.18. The molecular formula is C30H20N2O8. The van der Waals surface area contributed by atoms with Gasteiger partial charge in [-0.2, -0.15) is 0 Å². The van der Waals surface area contributed by atoms with Crippen LogP contribution in [0.4, 0.5) is 11.4 Å². The molecule has 0 aliphatic heterocycles. The lowest BCUT2D eigenvalue weighted by molar-refractivity contribution is -0.385. The van der Waals surface area contributed by atoms with Gasteiger partial charge in [0.25, 0.3) is 11.4 Å². The third-order valence-electron chi connectivity index (χ3n) is 5.63. The molecule has 0 fully saturated rings. The zero-order valence-corrected chi connectivity index (χ0v) is 20.7. The maximum atomic E-state index is 12.7. The number of hydrogen-bond donors (Lipinski definition) is 0. The lowest BCUT2D eigenvalue weighted by Gasteiger charge is -2.07. The topological polar surface area (TPSA) is 139 Å². The van der Waals surface area contributed by atoms with Crippen molar-refractivity contribution in [3.63, 3.8) is 0 Å². The zero-order chi connectivity index (χ0) is 28.5. The Morgan fingerprint density at radius 3 is 1.35 bits per heavy atom. The quantitative estimate of drug-likeness (QED) is 0.104. The Balaban J connectivity index is 1.46. The Kier molecular flexibility index (Phi) is 8.53. The van der Waals surface area contributed by atoms with E-state index in [1.807, 2.05) is 0 Å². The molecule has 0 aliphatic carbocycles. The molecule has 0 saturated heterocycles. The van der Waals surface area contributed by atoms with E-state index in [2.05, 4.69) is 0 Å². The first-order valence-corrected chi connectivity index (χ1v) is 11.8. The molecule has 4 aromatic rings. The van der Waals surface area contributed by atoms with Gasteiger partial charge in [-0.25, -0.2) is 19.4 Å². The Morgan fingerprint density at radius 2 is 0.950 bits per heavy atom. The summed E-state index contributed by atoms with van der Waals surface area (Å²) < 4.78 is 0. The maximum Gasteiger partial charge on any atom is 0.386 e. The third kappa shape index (κ3) is 6.90. The largest absolute Gasteiger partial charge is 0.386 e. The lowest BCUT2D eigenvalue weighted by Crippen LogP contribution is -2.13. The van der Waals surface area contributed by atoms with Gasteiger partial charge in [0.1, 0.15) is 0 Å². The summed E-state index contributed by atoms with van der Waals surface area (Å²) in [5.41, 5.74) is 2.07. The number of nitrogens with zero attached hydrogens (tertiary/aromatic N) is 2. The second-order valence-electron chi connectivity index (χ2n) is 8.29. The normalized spacial score (nSPS) is 10.9. The molecule has 10 nitrogen and oxygen atoms in total. The average Bonchev–Trinajstić information content (AvgIpc) is 2.98. The molecule has 4 rings (SSSR count). The first kappa shape index (κ1) is 27.1. The fraction of sp³-hybridized carbons (Fsp3) is 0. The second-order valence-corrected chi connectivity index (χ2v) is 8.29. The minimum atomic E-state index is -0.919. The van der Waals surface area contributed by atoms with E-state index in [1.165, 1.54) is 36.4 Å². The second kappa shape index (κ2) is 12.6. The van der Waals surface area contributed by atoms with E-state index in [0.29, 0.717) is 22.3 Å². The first-order chi connectivity index (χ1) is 19.3. The Labute approximate surface area is 227 Å². The number of carbonyl (C=O) groups is 2. The molecule has 0 N–H and O–H groups in total. The minimum Gasteiger partial charge on any atom is -0.258 e. The zero-order valence-electron chi connectivity index (χ0n) is 20.7. The van der Waals surface area contributed by atoms with Crippen LogP contribution in [0.5, 0.6) is 0 Å². The number of hydrogen-bond acceptors (Lipinski definition) is 8. The van der Waals surface area contributed by atoms with Gasteiger partial charge in [-0.05, 0) is 34.4 Å². The molecule has 40 heavy (non-hydrogen) atoms. The number of non-ortho nitro benzene ring substituents is 2. The summed E-state index contributed by atoms with van der Waals surface area (Å²) in [6.45, 7) is 0. The van der Waals surface area contributed by atoms with E-state index in [0.717, 1.165) is 0 Å². The van der Waals surface area contributed by atoms with Gasteiger partial charge in [0, 0.05) is 24.3 Å². The number of rotatable bonds is 8. The number of nitro groups is 2. The van der Waals surface area contributed by atoms with Gasteiger partial charge in [0.15, 0.2) is 0 Å². The van der Waals surface area contributed by atoms with Crippen LogP contribution < -0.4 is 0 Å². The van der Waals surface area contributed by atoms with Gasteiger partial charge in [0.2, 0.25) is 0 Å². The standard InChI is InChI=1S/C30H20N2O8/c33-29(27-13-3-1-9-23(27)17-15-21-7-5-11-25(19-21)31(35)36)39-40-30(34)28-14-4-2-10-24(28)18-16-22-8-6-12-26(20-22)32(37)38/h1-20H/b17-15+,18-16+. The number of nitro benzene ring substituents is 2. The molecule has 0 spiro atoms. The predicted molar refractivity (Wildman–Crippen MR) is 148 cm³/mol. The Hall–Kier alpha value is -5.90. The highest BCUT2D eigenvalue weighted by molar-refractivity contribution is 5.97. The summed E-state index contributed by atoms with van der Waals surface area (Å²) in [5, 5.41) is 22.0. The summed E-state index contributed by atoms with van der Waals surface area (Å²) in [4.78, 5) is 56.2. The SMILES string of the molecule is O=C(OOC(=O)c1ccccc1/C=C/c1cccc([N+](=O)[O-])c1)c1ccccc1/C=C/c1cccc([N+](=O)[O-])c1. The molecule has 0 unspecified atom stereocenters. The van der Waals surface area contributed by atoms with E-state index < -0.39 is 21.8 Å². The van der Waals surface area contributed by atoms with Crippen molar-refractivity contribution < 1.29 is 29.2 Å². The molecule has 0 aromatic heterocycles. The van der Waals surface area contributed by atoms with Gasteiger partial charge in [0.05, 0.1) is 21.0 Å². The van der Waals surface area contributed by atoms with Crippen molar-refractivity contribution in [3.05, 3.63) is 151 Å². The van der Waals surface area contributed by atoms with Crippen LogP contribution in [-0.2, 0) is 9.78 Å². The molecule has 0 amide bonds. The number of benzene rings is 4. The minimum absolute atomic E-state index is 0.0676. The highest BCUT2D eigenvalue weighted by atomic mass is 17.2. The van der Waals surface area contributed by atoms with Crippen LogP contribution in [0.3, 0.4) is 0 Å². The van der Waals surface area contributed by atoms with Gasteiger partial charge in [-0.1, -0.05) is 85.0 Å². The summed E-state index contributed by atoms with van der Waals surface area (Å²) in [6, 6.07) is 24.8. The van der Waals surface area contributed by atoms with E-state index in [4.69, 9.17) is 9.78 Å². The van der Waals surface area contributed by atoms with Crippen LogP contribution in [0.1, 0.15) is 43.0 Å². The van der Waals surface area contributed by atoms with E-state index in [-0.39, 0.29) is 22.5 Å². The molecule has 0 bridgehead atoms. The van der Waals surface area contributed by atoms with Crippen molar-refractivity contribution in [1.82, 2.24) is 0 Å². The molecule has 10 heteroatoms. The van der Waals surface area contributed by atoms with Crippen molar-refractivity contribution >= 4 is 47.6 Å². The van der Waals surface area contributed by atoms with Crippen molar-refractivity contribution in [1.29, 1.82) is 0 Å². The van der Waals surface area contributed by atoms with Crippen LogP contribution >= 0.6 is 0 Å². The van der Waals surface area contributed by atoms with E-state index in [9.17, 15) is 29.8 Å². The van der Waals surface area contributed by atoms with Gasteiger partial charge < -0.3 is 0 Å². The first-order valence-electron chi connectivity index (χ1n) is 11.8. The van der Waals surface area contributed by atoms with Crippen LogP contribution in [0.2, 0.25) is 0 Å². The monoisotopic (exact) mass is 536 g/mol. The molecule has 0 atom stereocenters. The summed E-state index contributed by atoms with van der Waals surface area (Å²) >= 11 is 0. The lowest BCUT2D eigenvalue weighted by atomic mass is 10.1. The van der Waals surface area contributed by atoms with Gasteiger partial charge in [-0.15, -0.1) is 0 Å². The van der Waals surface area contributed by atoms with Crippen molar-refractivity contribution in [2.75, 3.05) is 0 Å². The third-order valence-corrected chi connectivity index (χ3v) is 5.63. The fourth-order valence-corrected chi connectivity index (χ4v) is 3.68. The van der Waals surface area contributed by atoms with E-state index in [1.54, 1.807) is 85.0 Å². The van der Waals surface area contributed by atoms with Crippen molar-refractivity contribution in [3.8, 4) is 0 Å². The number of carbonyl (C=O) groups excluding carboxylic acids is 2. The van der Waals surface area contributed by atoms with Crippen LogP contribution in [0.25, 0.3) is 24.3 Å². The smallest absolute Gasteiger partial charge is 0.258 e. The molecule has 198 valence electrons. The molecule has 0 heterocycles. The molecule has 0 saturated carbocycles. The van der Waals surface area contributed by atoms with Crippen LogP contribution in [-0.4, -0.2) is 21.8 Å². The van der Waals surface area contributed by atoms with E-state index >= 15 is 0 Å². The van der Waals surface area contributed by atoms with Crippen molar-refractivity contribution in [2.24, 2.45) is 0 Å². The summed E-state index contributed by atoms with van der Waals surface area (Å²) in [5.74, 6) is -1.84. The van der Waals surface area contributed by atoms with Crippen LogP contribution in [0, 0.1) is 20.2 Å². The van der Waals surface area contributed by atoms with Crippen LogP contribution in [0.15, 0.2) is 97.1 Å². The Bertz CT molecular complexity index is 1540. The predicted octanol–water partition coefficient (Wildman–Crippen LogP) is 6.77. The highest BCUT2D eigenvalue weighted by Crippen LogP contribution is 2.20. The summed E-state index contributed by atoms with van der Waals surface area (Å²) in [6.07, 6.45) is 6.39. The van der Waals surface area contributed by atoms with Gasteiger partial charge >= 0.3 is 11.9 Å². The average molecular weight is 536 g/mol. The molecule has 4 aromatic carbocycles. The Morgan fingerprint density at radius 1 is 0.550 bits per heavy atom. The molecule has 0 aliphatic rings.